The second kappa shape index (κ2) is 7.31. The molecule has 0 aromatic heterocycles. The zero-order chi connectivity index (χ0) is 15.9. The minimum Gasteiger partial charge on any atom is -0.504 e. The van der Waals surface area contributed by atoms with E-state index in [1.165, 1.54) is 6.08 Å². The number of carbonyl (C=O) groups is 1. The number of rotatable bonds is 6. The first-order valence-corrected chi connectivity index (χ1v) is 6.96. The lowest BCUT2D eigenvalue weighted by atomic mass is 10.1. The molecule has 0 aliphatic rings. The Hall–Kier alpha value is -2.75. The molecule has 0 saturated carbocycles. The fourth-order valence-corrected chi connectivity index (χ4v) is 1.93. The number of methoxy groups -OCH3 is 1. The van der Waals surface area contributed by atoms with Crippen molar-refractivity contribution in [1.29, 1.82) is 0 Å². The molecule has 0 atom stereocenters. The van der Waals surface area contributed by atoms with Crippen molar-refractivity contribution in [2.24, 2.45) is 0 Å². The lowest BCUT2D eigenvalue weighted by Crippen LogP contribution is -1.94. The van der Waals surface area contributed by atoms with Crippen LogP contribution in [0.25, 0.3) is 6.08 Å². The van der Waals surface area contributed by atoms with Crippen LogP contribution in [0.4, 0.5) is 0 Å². The molecule has 0 fully saturated rings. The molecule has 4 heteroatoms. The Morgan fingerprint density at radius 3 is 2.55 bits per heavy atom. The summed E-state index contributed by atoms with van der Waals surface area (Å²) < 4.78 is 10.4. The van der Waals surface area contributed by atoms with Gasteiger partial charge in [-0.25, -0.2) is 0 Å². The second-order valence-electron chi connectivity index (χ2n) is 4.59. The minimum atomic E-state index is -0.103. The normalized spacial score (nSPS) is 10.6. The van der Waals surface area contributed by atoms with E-state index in [1.54, 1.807) is 55.7 Å². The Balaban J connectivity index is 2.13. The summed E-state index contributed by atoms with van der Waals surface area (Å²) in [7, 11) is 1.58. The first-order chi connectivity index (χ1) is 10.6. The van der Waals surface area contributed by atoms with Crippen LogP contribution in [0.3, 0.4) is 0 Å². The van der Waals surface area contributed by atoms with E-state index >= 15 is 0 Å². The zero-order valence-electron chi connectivity index (χ0n) is 12.6. The summed E-state index contributed by atoms with van der Waals surface area (Å²) in [5.74, 6) is 1.09. The lowest BCUT2D eigenvalue weighted by Gasteiger charge is -2.06. The van der Waals surface area contributed by atoms with Gasteiger partial charge in [0.15, 0.2) is 17.3 Å². The molecule has 0 saturated heterocycles. The van der Waals surface area contributed by atoms with Crippen LogP contribution in [-0.4, -0.2) is 24.6 Å². The smallest absolute Gasteiger partial charge is 0.185 e. The minimum absolute atomic E-state index is 0.0838. The van der Waals surface area contributed by atoms with Gasteiger partial charge in [0.05, 0.1) is 13.7 Å². The Morgan fingerprint density at radius 2 is 1.91 bits per heavy atom. The summed E-state index contributed by atoms with van der Waals surface area (Å²) in [6.45, 7) is 2.31. The standard InChI is InChI=1S/C18H18O4/c1-3-22-18-12-13(5-11-17(18)20)4-10-16(19)14-6-8-15(21-2)9-7-14/h4-12,20H,3H2,1-2H3. The number of carbonyl (C=O) groups excluding carboxylic acids is 1. The van der Waals surface area contributed by atoms with Gasteiger partial charge < -0.3 is 14.6 Å². The van der Waals surface area contributed by atoms with Gasteiger partial charge >= 0.3 is 0 Å². The highest BCUT2D eigenvalue weighted by molar-refractivity contribution is 6.06. The number of ether oxygens (including phenoxy) is 2. The molecule has 0 radical (unpaired) electrons. The fraction of sp³-hybridized carbons (Fsp3) is 0.167. The monoisotopic (exact) mass is 298 g/mol. The van der Waals surface area contributed by atoms with E-state index in [0.717, 1.165) is 5.56 Å². The number of phenolic OH excluding ortho intramolecular Hbond substituents is 1. The van der Waals surface area contributed by atoms with E-state index in [9.17, 15) is 9.90 Å². The summed E-state index contributed by atoms with van der Waals surface area (Å²) in [5.41, 5.74) is 1.36. The molecule has 0 aliphatic heterocycles. The first kappa shape index (κ1) is 15.6. The third kappa shape index (κ3) is 3.88. The number of aromatic hydroxyl groups is 1. The van der Waals surface area contributed by atoms with Crippen LogP contribution < -0.4 is 9.47 Å². The van der Waals surface area contributed by atoms with E-state index in [-0.39, 0.29) is 11.5 Å². The summed E-state index contributed by atoms with van der Waals surface area (Å²) in [5, 5.41) is 9.64. The molecule has 4 nitrogen and oxygen atoms in total. The van der Waals surface area contributed by atoms with E-state index in [2.05, 4.69) is 0 Å². The highest BCUT2D eigenvalue weighted by atomic mass is 16.5. The maximum absolute atomic E-state index is 12.1. The molecule has 0 heterocycles. The number of benzene rings is 2. The average molecular weight is 298 g/mol. The number of hydrogen-bond donors (Lipinski definition) is 1. The maximum atomic E-state index is 12.1. The lowest BCUT2D eigenvalue weighted by molar-refractivity contribution is 0.104. The van der Waals surface area contributed by atoms with Gasteiger partial charge in [0.1, 0.15) is 5.75 Å². The van der Waals surface area contributed by atoms with Crippen molar-refractivity contribution in [2.45, 2.75) is 6.92 Å². The van der Waals surface area contributed by atoms with Gasteiger partial charge in [-0.05, 0) is 55.0 Å². The maximum Gasteiger partial charge on any atom is 0.185 e. The molecule has 0 spiro atoms. The first-order valence-electron chi connectivity index (χ1n) is 6.96. The van der Waals surface area contributed by atoms with Crippen LogP contribution in [-0.2, 0) is 0 Å². The summed E-state index contributed by atoms with van der Waals surface area (Å²) in [4.78, 5) is 12.1. The molecular weight excluding hydrogens is 280 g/mol. The quantitative estimate of drug-likeness (QED) is 0.652. The highest BCUT2D eigenvalue weighted by Gasteiger charge is 2.04. The van der Waals surface area contributed by atoms with Gasteiger partial charge in [-0.15, -0.1) is 0 Å². The molecule has 22 heavy (non-hydrogen) atoms. The van der Waals surface area contributed by atoms with Gasteiger partial charge in [0.2, 0.25) is 0 Å². The Kier molecular flexibility index (Phi) is 5.20. The Bertz CT molecular complexity index is 672. The SMILES string of the molecule is CCOc1cc(C=CC(=O)c2ccc(OC)cc2)ccc1O. The van der Waals surface area contributed by atoms with Crippen LogP contribution in [0.2, 0.25) is 0 Å². The van der Waals surface area contributed by atoms with Crippen LogP contribution in [0.5, 0.6) is 17.2 Å². The van der Waals surface area contributed by atoms with Gasteiger partial charge in [-0.3, -0.25) is 4.79 Å². The molecule has 0 amide bonds. The van der Waals surface area contributed by atoms with Crippen LogP contribution in [0, 0.1) is 0 Å². The molecule has 0 bridgehead atoms. The molecule has 0 unspecified atom stereocenters. The topological polar surface area (TPSA) is 55.8 Å². The van der Waals surface area contributed by atoms with Crippen molar-refractivity contribution >= 4 is 11.9 Å². The van der Waals surface area contributed by atoms with Crippen molar-refractivity contribution < 1.29 is 19.4 Å². The zero-order valence-corrected chi connectivity index (χ0v) is 12.6. The predicted octanol–water partition coefficient (Wildman–Crippen LogP) is 3.70. The Labute approximate surface area is 129 Å². The largest absolute Gasteiger partial charge is 0.504 e. The van der Waals surface area contributed by atoms with Gasteiger partial charge in [-0.1, -0.05) is 12.1 Å². The summed E-state index contributed by atoms with van der Waals surface area (Å²) in [6, 6.07) is 11.9. The second-order valence-corrected chi connectivity index (χ2v) is 4.59. The Morgan fingerprint density at radius 1 is 1.18 bits per heavy atom. The number of phenols is 1. The fourth-order valence-electron chi connectivity index (χ4n) is 1.93. The number of allylic oxidation sites excluding steroid dienone is 1. The summed E-state index contributed by atoms with van der Waals surface area (Å²) in [6.07, 6.45) is 3.18. The molecule has 2 aromatic rings. The van der Waals surface area contributed by atoms with Gasteiger partial charge in [0, 0.05) is 5.56 Å². The van der Waals surface area contributed by atoms with E-state index in [0.29, 0.717) is 23.7 Å². The van der Waals surface area contributed by atoms with Gasteiger partial charge in [-0.2, -0.15) is 0 Å². The number of ketones is 1. The van der Waals surface area contributed by atoms with Crippen molar-refractivity contribution in [3.63, 3.8) is 0 Å². The van der Waals surface area contributed by atoms with Crippen molar-refractivity contribution in [3.8, 4) is 17.2 Å². The molecule has 1 N–H and O–H groups in total. The third-order valence-electron chi connectivity index (χ3n) is 3.09. The molecular formula is C18H18O4. The van der Waals surface area contributed by atoms with E-state index < -0.39 is 0 Å². The van der Waals surface area contributed by atoms with E-state index in [4.69, 9.17) is 9.47 Å². The third-order valence-corrected chi connectivity index (χ3v) is 3.09. The molecule has 2 rings (SSSR count). The molecule has 114 valence electrons. The van der Waals surface area contributed by atoms with Crippen molar-refractivity contribution in [3.05, 3.63) is 59.7 Å². The van der Waals surface area contributed by atoms with Crippen LogP contribution >= 0.6 is 0 Å². The van der Waals surface area contributed by atoms with Crippen LogP contribution in [0.15, 0.2) is 48.5 Å². The average Bonchev–Trinajstić information content (AvgIpc) is 2.55. The highest BCUT2D eigenvalue weighted by Crippen LogP contribution is 2.27. The molecule has 0 aliphatic carbocycles. The van der Waals surface area contributed by atoms with Crippen molar-refractivity contribution in [2.75, 3.05) is 13.7 Å². The van der Waals surface area contributed by atoms with Gasteiger partial charge in [0.25, 0.3) is 0 Å². The molecule has 2 aromatic carbocycles. The van der Waals surface area contributed by atoms with Crippen LogP contribution in [0.1, 0.15) is 22.8 Å². The summed E-state index contributed by atoms with van der Waals surface area (Å²) >= 11 is 0. The van der Waals surface area contributed by atoms with E-state index in [1.807, 2.05) is 6.92 Å². The predicted molar refractivity (Wildman–Crippen MR) is 85.6 cm³/mol. The van der Waals surface area contributed by atoms with Crippen molar-refractivity contribution in [1.82, 2.24) is 0 Å². The number of hydrogen-bond acceptors (Lipinski definition) is 4.